The highest BCUT2D eigenvalue weighted by Gasteiger charge is 2.32. The molecule has 2 amide bonds. The number of amides is 2. The van der Waals surface area contributed by atoms with Crippen LogP contribution >= 0.6 is 23.1 Å². The van der Waals surface area contributed by atoms with Crippen LogP contribution in [0.5, 0.6) is 5.75 Å². The van der Waals surface area contributed by atoms with Crippen molar-refractivity contribution in [1.82, 2.24) is 9.62 Å². The normalized spacial score (nSPS) is 13.9. The van der Waals surface area contributed by atoms with E-state index in [9.17, 15) is 18.0 Å². The number of carbonyl (C=O) groups excluding carboxylic acids is 2. The highest BCUT2D eigenvalue weighted by Crippen LogP contribution is 2.43. The summed E-state index contributed by atoms with van der Waals surface area (Å²) >= 11 is 2.41. The first kappa shape index (κ1) is 24.6. The summed E-state index contributed by atoms with van der Waals surface area (Å²) in [6, 6.07) is 8.99. The van der Waals surface area contributed by atoms with E-state index in [0.717, 1.165) is 44.0 Å². The van der Waals surface area contributed by atoms with Gasteiger partial charge >= 0.3 is 0 Å². The zero-order valence-corrected chi connectivity index (χ0v) is 20.7. The Morgan fingerprint density at radius 1 is 1.25 bits per heavy atom. The van der Waals surface area contributed by atoms with Crippen LogP contribution in [0.15, 0.2) is 38.8 Å². The van der Waals surface area contributed by atoms with Crippen LogP contribution in [0.4, 0.5) is 5.69 Å². The number of hydrogen-bond donors (Lipinski definition) is 1. The van der Waals surface area contributed by atoms with Gasteiger partial charge in [0, 0.05) is 20.6 Å². The lowest BCUT2D eigenvalue weighted by atomic mass is 10.2. The molecule has 1 N–H and O–H groups in total. The quantitative estimate of drug-likeness (QED) is 0.507. The Balaban J connectivity index is 1.62. The van der Waals surface area contributed by atoms with Gasteiger partial charge in [-0.05, 0) is 30.2 Å². The first-order valence-corrected chi connectivity index (χ1v) is 13.4. The van der Waals surface area contributed by atoms with E-state index in [2.05, 4.69) is 12.2 Å². The third kappa shape index (κ3) is 5.83. The van der Waals surface area contributed by atoms with E-state index in [1.165, 1.54) is 36.8 Å². The second kappa shape index (κ2) is 10.7. The van der Waals surface area contributed by atoms with Gasteiger partial charge in [-0.1, -0.05) is 25.5 Å². The van der Waals surface area contributed by atoms with Crippen LogP contribution in [0.1, 0.15) is 25.3 Å². The maximum Gasteiger partial charge on any atom is 0.252 e. The Labute approximate surface area is 197 Å². The van der Waals surface area contributed by atoms with Crippen LogP contribution in [0.3, 0.4) is 0 Å². The number of anilines is 1. The molecule has 0 fully saturated rings. The van der Waals surface area contributed by atoms with E-state index in [-0.39, 0.29) is 28.3 Å². The number of fused-ring (bicyclic) bond motifs is 1. The molecule has 32 heavy (non-hydrogen) atoms. The van der Waals surface area contributed by atoms with Crippen LogP contribution in [0, 0.1) is 0 Å². The Kier molecular flexibility index (Phi) is 8.21. The number of sulfonamides is 1. The highest BCUT2D eigenvalue weighted by molar-refractivity contribution is 8.02. The van der Waals surface area contributed by atoms with Crippen LogP contribution in [0.25, 0.3) is 0 Å². The number of hydrogen-bond acceptors (Lipinski definition) is 7. The lowest BCUT2D eigenvalue weighted by Crippen LogP contribution is -2.42. The average molecular weight is 498 g/mol. The number of benzene rings is 1. The molecule has 0 atom stereocenters. The van der Waals surface area contributed by atoms with Crippen molar-refractivity contribution in [2.24, 2.45) is 0 Å². The van der Waals surface area contributed by atoms with Crippen molar-refractivity contribution >= 4 is 50.6 Å². The molecular weight excluding hydrogens is 470 g/mol. The summed E-state index contributed by atoms with van der Waals surface area (Å²) in [7, 11) is -0.689. The molecule has 0 saturated heterocycles. The van der Waals surface area contributed by atoms with Crippen LogP contribution < -0.4 is 15.0 Å². The van der Waals surface area contributed by atoms with E-state index < -0.39 is 10.0 Å². The number of carbonyl (C=O) groups is 2. The van der Waals surface area contributed by atoms with Gasteiger partial charge in [0.05, 0.1) is 22.3 Å². The van der Waals surface area contributed by atoms with Crippen molar-refractivity contribution < 1.29 is 22.7 Å². The van der Waals surface area contributed by atoms with E-state index in [1.807, 2.05) is 24.3 Å². The molecule has 0 spiro atoms. The summed E-state index contributed by atoms with van der Waals surface area (Å²) in [6.07, 6.45) is 2.07. The molecule has 2 aromatic rings. The fourth-order valence-electron chi connectivity index (χ4n) is 2.89. The first-order chi connectivity index (χ1) is 15.2. The van der Waals surface area contributed by atoms with E-state index >= 15 is 0 Å². The minimum absolute atomic E-state index is 0.154. The predicted molar refractivity (Wildman–Crippen MR) is 127 cm³/mol. The second-order valence-electron chi connectivity index (χ2n) is 7.42. The molecule has 0 aliphatic carbocycles. The van der Waals surface area contributed by atoms with Crippen molar-refractivity contribution in [1.29, 1.82) is 0 Å². The van der Waals surface area contributed by atoms with Crippen molar-refractivity contribution in [2.45, 2.75) is 34.7 Å². The molecule has 0 bridgehead atoms. The topological polar surface area (TPSA) is 96.0 Å². The summed E-state index contributed by atoms with van der Waals surface area (Å²) in [5.41, 5.74) is 1.39. The van der Waals surface area contributed by atoms with Gasteiger partial charge in [-0.3, -0.25) is 9.59 Å². The standard InChI is InChI=1S/C21H27N3O5S3/c1-4-5-10-29-16-8-6-15(7-9-16)12-22-18(25)13-24-17-11-20(32(27,28)23(2)3)31-21(17)30-14-19(24)26/h6-9,11H,4-5,10,12-14H2,1-3H3,(H,22,25). The highest BCUT2D eigenvalue weighted by atomic mass is 32.3. The molecule has 2 heterocycles. The van der Waals surface area contributed by atoms with Gasteiger partial charge < -0.3 is 15.0 Å². The summed E-state index contributed by atoms with van der Waals surface area (Å²) in [5.74, 6) is 0.417. The number of ether oxygens (including phenoxy) is 1. The SMILES string of the molecule is CCCCOc1ccc(CNC(=O)CN2C(=O)CSc3sc(S(=O)(=O)N(C)C)cc32)cc1. The molecule has 1 aliphatic heterocycles. The van der Waals surface area contributed by atoms with Crippen molar-refractivity contribution in [3.05, 3.63) is 35.9 Å². The number of thiophene rings is 1. The number of rotatable bonds is 10. The second-order valence-corrected chi connectivity index (χ2v) is 12.1. The molecule has 8 nitrogen and oxygen atoms in total. The maximum absolute atomic E-state index is 12.5. The first-order valence-electron chi connectivity index (χ1n) is 10.2. The summed E-state index contributed by atoms with van der Waals surface area (Å²) in [4.78, 5) is 26.4. The molecule has 0 saturated carbocycles. The predicted octanol–water partition coefficient (Wildman–Crippen LogP) is 2.93. The molecule has 0 radical (unpaired) electrons. The van der Waals surface area contributed by atoms with Gasteiger partial charge in [-0.15, -0.1) is 23.1 Å². The summed E-state index contributed by atoms with van der Waals surface area (Å²) in [6.45, 7) is 2.94. The number of thioether (sulfide) groups is 1. The van der Waals surface area contributed by atoms with E-state index in [1.54, 1.807) is 0 Å². The molecule has 1 aliphatic rings. The number of nitrogens with one attached hydrogen (secondary N) is 1. The fourth-order valence-corrected chi connectivity index (χ4v) is 6.83. The van der Waals surface area contributed by atoms with Gasteiger partial charge in [-0.25, -0.2) is 12.7 Å². The smallest absolute Gasteiger partial charge is 0.252 e. The average Bonchev–Trinajstić information content (AvgIpc) is 3.21. The Bertz CT molecular complexity index is 1060. The maximum atomic E-state index is 12.5. The van der Waals surface area contributed by atoms with Gasteiger partial charge in [0.2, 0.25) is 11.8 Å². The number of unbranched alkanes of at least 4 members (excludes halogenated alkanes) is 1. The van der Waals surface area contributed by atoms with Crippen LogP contribution in [-0.2, 0) is 26.2 Å². The van der Waals surface area contributed by atoms with Crippen molar-refractivity contribution in [2.75, 3.05) is 37.9 Å². The van der Waals surface area contributed by atoms with E-state index in [4.69, 9.17) is 4.74 Å². The minimum atomic E-state index is -3.61. The van der Waals surface area contributed by atoms with Gasteiger partial charge in [-0.2, -0.15) is 0 Å². The van der Waals surface area contributed by atoms with Crippen LogP contribution in [-0.4, -0.2) is 57.5 Å². The molecule has 174 valence electrons. The van der Waals surface area contributed by atoms with Gasteiger partial charge in [0.15, 0.2) is 0 Å². The minimum Gasteiger partial charge on any atom is -0.494 e. The van der Waals surface area contributed by atoms with Gasteiger partial charge in [0.25, 0.3) is 10.0 Å². The molecule has 0 unspecified atom stereocenters. The van der Waals surface area contributed by atoms with Gasteiger partial charge in [0.1, 0.15) is 16.5 Å². The summed E-state index contributed by atoms with van der Waals surface area (Å²) < 4.78 is 32.5. The number of nitrogens with zero attached hydrogens (tertiary/aromatic N) is 2. The third-order valence-electron chi connectivity index (χ3n) is 4.79. The van der Waals surface area contributed by atoms with Crippen molar-refractivity contribution in [3.8, 4) is 5.75 Å². The zero-order chi connectivity index (χ0) is 23.3. The molecule has 1 aromatic heterocycles. The largest absolute Gasteiger partial charge is 0.494 e. The Morgan fingerprint density at radius 2 is 1.97 bits per heavy atom. The van der Waals surface area contributed by atoms with E-state index in [0.29, 0.717) is 18.8 Å². The Morgan fingerprint density at radius 3 is 2.62 bits per heavy atom. The monoisotopic (exact) mass is 497 g/mol. The fraction of sp³-hybridized carbons (Fsp3) is 0.429. The van der Waals surface area contributed by atoms with Crippen LogP contribution in [0.2, 0.25) is 0 Å². The Hall–Kier alpha value is -2.08. The third-order valence-corrected chi connectivity index (χ3v) is 9.44. The molecule has 3 rings (SSSR count). The van der Waals surface area contributed by atoms with Crippen molar-refractivity contribution in [3.63, 3.8) is 0 Å². The molecule has 11 heteroatoms. The zero-order valence-electron chi connectivity index (χ0n) is 18.3. The molecular formula is C21H27N3O5S3. The lowest BCUT2D eigenvalue weighted by Gasteiger charge is -2.25. The molecule has 1 aromatic carbocycles. The summed E-state index contributed by atoms with van der Waals surface area (Å²) in [5, 5.41) is 2.82. The lowest BCUT2D eigenvalue weighted by molar-refractivity contribution is -0.123.